The first-order valence-electron chi connectivity index (χ1n) is 3.95. The molecule has 64 valence electrons. The van der Waals surface area contributed by atoms with E-state index in [-0.39, 0.29) is 5.38 Å². The standard InChI is InChI=1S/C10H17Cl/c1-6-7(2)8(3)9(4)10(5)11/h6,10H,1-5H3. The molecule has 0 heterocycles. The second-order valence-corrected chi connectivity index (χ2v) is 3.55. The first-order valence-corrected chi connectivity index (χ1v) is 4.39. The minimum atomic E-state index is 0.143. The monoisotopic (exact) mass is 172 g/mol. The van der Waals surface area contributed by atoms with Gasteiger partial charge in [-0.25, -0.2) is 0 Å². The van der Waals surface area contributed by atoms with Crippen molar-refractivity contribution in [3.8, 4) is 0 Å². The second kappa shape index (κ2) is 4.61. The Morgan fingerprint density at radius 3 is 2.00 bits per heavy atom. The lowest BCUT2D eigenvalue weighted by molar-refractivity contribution is 1.06. The van der Waals surface area contributed by atoms with Gasteiger partial charge in [0.2, 0.25) is 0 Å². The predicted molar refractivity (Wildman–Crippen MR) is 53.1 cm³/mol. The quantitative estimate of drug-likeness (QED) is 0.438. The summed E-state index contributed by atoms with van der Waals surface area (Å²) < 4.78 is 0. The Kier molecular flexibility index (Phi) is 4.51. The first-order chi connectivity index (χ1) is 5.00. The summed E-state index contributed by atoms with van der Waals surface area (Å²) in [5.41, 5.74) is 3.90. The molecule has 0 aromatic heterocycles. The lowest BCUT2D eigenvalue weighted by atomic mass is 10.0. The Hall–Kier alpha value is -0.230. The van der Waals surface area contributed by atoms with Crippen LogP contribution in [0.15, 0.2) is 22.8 Å². The lowest BCUT2D eigenvalue weighted by Crippen LogP contribution is -1.97. The van der Waals surface area contributed by atoms with E-state index in [1.165, 1.54) is 16.7 Å². The van der Waals surface area contributed by atoms with Gasteiger partial charge in [-0.05, 0) is 40.2 Å². The number of hydrogen-bond acceptors (Lipinski definition) is 0. The summed E-state index contributed by atoms with van der Waals surface area (Å²) in [4.78, 5) is 0. The lowest BCUT2D eigenvalue weighted by Gasteiger charge is -2.09. The second-order valence-electron chi connectivity index (χ2n) is 2.90. The van der Waals surface area contributed by atoms with Crippen molar-refractivity contribution in [2.24, 2.45) is 0 Å². The maximum Gasteiger partial charge on any atom is 0.0520 e. The van der Waals surface area contributed by atoms with E-state index in [9.17, 15) is 0 Å². The van der Waals surface area contributed by atoms with Crippen molar-refractivity contribution in [1.29, 1.82) is 0 Å². The normalized spacial score (nSPS) is 17.8. The molecule has 1 atom stereocenters. The van der Waals surface area contributed by atoms with Crippen LogP contribution in [0, 0.1) is 0 Å². The van der Waals surface area contributed by atoms with Gasteiger partial charge < -0.3 is 0 Å². The van der Waals surface area contributed by atoms with Gasteiger partial charge in [0.25, 0.3) is 0 Å². The maximum absolute atomic E-state index is 5.94. The van der Waals surface area contributed by atoms with Crippen LogP contribution in [0.25, 0.3) is 0 Å². The van der Waals surface area contributed by atoms with E-state index in [1.807, 2.05) is 13.8 Å². The topological polar surface area (TPSA) is 0 Å². The van der Waals surface area contributed by atoms with E-state index < -0.39 is 0 Å². The number of rotatable bonds is 2. The minimum absolute atomic E-state index is 0.143. The summed E-state index contributed by atoms with van der Waals surface area (Å²) >= 11 is 5.94. The summed E-state index contributed by atoms with van der Waals surface area (Å²) in [5, 5.41) is 0.143. The third kappa shape index (κ3) is 3.11. The Morgan fingerprint density at radius 1 is 1.27 bits per heavy atom. The molecule has 0 N–H and O–H groups in total. The summed E-state index contributed by atoms with van der Waals surface area (Å²) in [6, 6.07) is 0. The number of halogens is 1. The van der Waals surface area contributed by atoms with E-state index >= 15 is 0 Å². The Labute approximate surface area is 74.9 Å². The van der Waals surface area contributed by atoms with Crippen molar-refractivity contribution in [1.82, 2.24) is 0 Å². The van der Waals surface area contributed by atoms with Gasteiger partial charge in [0.15, 0.2) is 0 Å². The molecule has 0 saturated heterocycles. The molecular formula is C10H17Cl. The molecule has 0 aromatic rings. The maximum atomic E-state index is 5.94. The molecular weight excluding hydrogens is 156 g/mol. The van der Waals surface area contributed by atoms with E-state index in [0.29, 0.717) is 0 Å². The average Bonchev–Trinajstić information content (AvgIpc) is 2.00. The van der Waals surface area contributed by atoms with Crippen molar-refractivity contribution in [3.05, 3.63) is 22.8 Å². The highest BCUT2D eigenvalue weighted by atomic mass is 35.5. The third-order valence-electron chi connectivity index (χ3n) is 2.21. The van der Waals surface area contributed by atoms with Crippen LogP contribution >= 0.6 is 11.6 Å². The Morgan fingerprint density at radius 2 is 1.73 bits per heavy atom. The van der Waals surface area contributed by atoms with Gasteiger partial charge in [-0.15, -0.1) is 11.6 Å². The molecule has 0 rings (SSSR count). The van der Waals surface area contributed by atoms with Gasteiger partial charge in [-0.2, -0.15) is 0 Å². The zero-order chi connectivity index (χ0) is 9.02. The largest absolute Gasteiger partial charge is 0.118 e. The highest BCUT2D eigenvalue weighted by Crippen LogP contribution is 2.18. The fourth-order valence-electron chi connectivity index (χ4n) is 0.826. The highest BCUT2D eigenvalue weighted by molar-refractivity contribution is 6.22. The van der Waals surface area contributed by atoms with Crippen LogP contribution in [-0.2, 0) is 0 Å². The SMILES string of the molecule is CC=C(C)C(C)=C(C)C(C)Cl. The van der Waals surface area contributed by atoms with Gasteiger partial charge in [0, 0.05) is 0 Å². The number of allylic oxidation sites excluding steroid dienone is 4. The molecule has 0 amide bonds. The van der Waals surface area contributed by atoms with Crippen LogP contribution in [0.3, 0.4) is 0 Å². The van der Waals surface area contributed by atoms with Crippen molar-refractivity contribution < 1.29 is 0 Å². The summed E-state index contributed by atoms with van der Waals surface area (Å²) in [6.07, 6.45) is 2.11. The summed E-state index contributed by atoms with van der Waals surface area (Å²) in [5.74, 6) is 0. The molecule has 0 bridgehead atoms. The molecule has 0 aromatic carbocycles. The molecule has 0 fully saturated rings. The molecule has 1 heteroatoms. The molecule has 0 nitrogen and oxygen atoms in total. The van der Waals surface area contributed by atoms with Crippen molar-refractivity contribution in [2.75, 3.05) is 0 Å². The zero-order valence-electron chi connectivity index (χ0n) is 8.03. The van der Waals surface area contributed by atoms with Gasteiger partial charge in [-0.1, -0.05) is 17.2 Å². The number of alkyl halides is 1. The Bertz CT molecular complexity index is 185. The van der Waals surface area contributed by atoms with Crippen molar-refractivity contribution in [2.45, 2.75) is 40.0 Å². The van der Waals surface area contributed by atoms with E-state index in [2.05, 4.69) is 26.8 Å². The molecule has 1 unspecified atom stereocenters. The van der Waals surface area contributed by atoms with Gasteiger partial charge in [-0.3, -0.25) is 0 Å². The molecule has 0 radical (unpaired) electrons. The smallest absolute Gasteiger partial charge is 0.0520 e. The van der Waals surface area contributed by atoms with Crippen molar-refractivity contribution >= 4 is 11.6 Å². The zero-order valence-corrected chi connectivity index (χ0v) is 8.79. The van der Waals surface area contributed by atoms with Gasteiger partial charge >= 0.3 is 0 Å². The molecule has 0 spiro atoms. The fourth-order valence-corrected chi connectivity index (χ4v) is 0.990. The van der Waals surface area contributed by atoms with E-state index in [1.54, 1.807) is 0 Å². The third-order valence-corrected chi connectivity index (χ3v) is 2.54. The van der Waals surface area contributed by atoms with Crippen LogP contribution in [0.1, 0.15) is 34.6 Å². The molecule has 0 aliphatic heterocycles. The molecule has 0 aliphatic carbocycles. The van der Waals surface area contributed by atoms with Crippen LogP contribution in [0.5, 0.6) is 0 Å². The molecule has 0 aliphatic rings. The molecule has 0 saturated carbocycles. The van der Waals surface area contributed by atoms with Crippen LogP contribution in [-0.4, -0.2) is 5.38 Å². The first kappa shape index (κ1) is 10.8. The van der Waals surface area contributed by atoms with Crippen LogP contribution in [0.4, 0.5) is 0 Å². The van der Waals surface area contributed by atoms with Crippen LogP contribution in [0.2, 0.25) is 0 Å². The number of hydrogen-bond donors (Lipinski definition) is 0. The van der Waals surface area contributed by atoms with E-state index in [0.717, 1.165) is 0 Å². The van der Waals surface area contributed by atoms with Gasteiger partial charge in [0.1, 0.15) is 0 Å². The summed E-state index contributed by atoms with van der Waals surface area (Å²) in [7, 11) is 0. The predicted octanol–water partition coefficient (Wildman–Crippen LogP) is 3.92. The summed E-state index contributed by atoms with van der Waals surface area (Å²) in [6.45, 7) is 10.4. The highest BCUT2D eigenvalue weighted by Gasteiger charge is 2.03. The van der Waals surface area contributed by atoms with Crippen LogP contribution < -0.4 is 0 Å². The van der Waals surface area contributed by atoms with Crippen molar-refractivity contribution in [3.63, 3.8) is 0 Å². The average molecular weight is 173 g/mol. The van der Waals surface area contributed by atoms with E-state index in [4.69, 9.17) is 11.6 Å². The van der Waals surface area contributed by atoms with Gasteiger partial charge in [0.05, 0.1) is 5.38 Å². The fraction of sp³-hybridized carbons (Fsp3) is 0.600. The molecule has 11 heavy (non-hydrogen) atoms. The Balaban J connectivity index is 4.67. The minimum Gasteiger partial charge on any atom is -0.118 e.